The molecule has 0 amide bonds. The van der Waals surface area contributed by atoms with Gasteiger partial charge in [0.1, 0.15) is 5.00 Å². The highest BCUT2D eigenvalue weighted by Crippen LogP contribution is 2.37. The summed E-state index contributed by atoms with van der Waals surface area (Å²) in [6.07, 6.45) is 0. The molecule has 5 heteroatoms. The molecule has 0 atom stereocenters. The van der Waals surface area contributed by atoms with Gasteiger partial charge in [0.2, 0.25) is 0 Å². The van der Waals surface area contributed by atoms with Gasteiger partial charge in [-0.25, -0.2) is 4.79 Å². The summed E-state index contributed by atoms with van der Waals surface area (Å²) in [5, 5.41) is 1.08. The molecule has 1 heterocycles. The number of hydrogen-bond donors (Lipinski definition) is 1. The molecule has 0 spiro atoms. The summed E-state index contributed by atoms with van der Waals surface area (Å²) in [7, 11) is 0. The SMILES string of the molecule is CCOC(=O)c1cc(-c2ccccc2Cl)sc1N. The molecule has 0 aliphatic rings. The van der Waals surface area contributed by atoms with Crippen LogP contribution in [-0.2, 0) is 4.74 Å². The average molecular weight is 282 g/mol. The lowest BCUT2D eigenvalue weighted by molar-refractivity contribution is 0.0528. The van der Waals surface area contributed by atoms with E-state index in [2.05, 4.69) is 0 Å². The van der Waals surface area contributed by atoms with Crippen molar-refractivity contribution in [1.29, 1.82) is 0 Å². The van der Waals surface area contributed by atoms with Crippen LogP contribution < -0.4 is 5.73 Å². The van der Waals surface area contributed by atoms with Crippen molar-refractivity contribution in [2.45, 2.75) is 6.92 Å². The van der Waals surface area contributed by atoms with Crippen molar-refractivity contribution in [3.05, 3.63) is 40.9 Å². The number of nitrogen functional groups attached to an aromatic ring is 1. The molecule has 1 aromatic heterocycles. The number of carbonyl (C=O) groups excluding carboxylic acids is 1. The summed E-state index contributed by atoms with van der Waals surface area (Å²) in [5.74, 6) is -0.399. The van der Waals surface area contributed by atoms with Crippen molar-refractivity contribution in [2.75, 3.05) is 12.3 Å². The van der Waals surface area contributed by atoms with Gasteiger partial charge in [0.05, 0.1) is 12.2 Å². The second kappa shape index (κ2) is 5.42. The van der Waals surface area contributed by atoms with Gasteiger partial charge >= 0.3 is 5.97 Å². The van der Waals surface area contributed by atoms with Crippen LogP contribution in [0.3, 0.4) is 0 Å². The molecule has 0 unspecified atom stereocenters. The molecule has 2 rings (SSSR count). The predicted molar refractivity (Wildman–Crippen MR) is 75.1 cm³/mol. The van der Waals surface area contributed by atoms with E-state index in [1.807, 2.05) is 18.2 Å². The molecule has 2 N–H and O–H groups in total. The monoisotopic (exact) mass is 281 g/mol. The second-order valence-electron chi connectivity index (χ2n) is 3.59. The quantitative estimate of drug-likeness (QED) is 0.870. The molecule has 0 bridgehead atoms. The van der Waals surface area contributed by atoms with Crippen LogP contribution in [0, 0.1) is 0 Å². The fraction of sp³-hybridized carbons (Fsp3) is 0.154. The van der Waals surface area contributed by atoms with E-state index in [1.54, 1.807) is 19.1 Å². The Morgan fingerprint density at radius 1 is 1.44 bits per heavy atom. The number of carbonyl (C=O) groups is 1. The molecule has 3 nitrogen and oxygen atoms in total. The Labute approximate surface area is 114 Å². The predicted octanol–water partition coefficient (Wildman–Crippen LogP) is 3.83. The normalized spacial score (nSPS) is 10.3. The van der Waals surface area contributed by atoms with Crippen molar-refractivity contribution in [1.82, 2.24) is 0 Å². The number of thiophene rings is 1. The summed E-state index contributed by atoms with van der Waals surface area (Å²) in [4.78, 5) is 12.5. The Morgan fingerprint density at radius 3 is 2.83 bits per heavy atom. The van der Waals surface area contributed by atoms with Gasteiger partial charge in [0.15, 0.2) is 0 Å². The average Bonchev–Trinajstić information content (AvgIpc) is 2.72. The number of rotatable bonds is 3. The van der Waals surface area contributed by atoms with Crippen LogP contribution in [0.5, 0.6) is 0 Å². The van der Waals surface area contributed by atoms with E-state index in [1.165, 1.54) is 11.3 Å². The van der Waals surface area contributed by atoms with E-state index in [-0.39, 0.29) is 0 Å². The third kappa shape index (κ3) is 2.49. The third-order valence-electron chi connectivity index (χ3n) is 2.40. The van der Waals surface area contributed by atoms with E-state index in [4.69, 9.17) is 22.1 Å². The summed E-state index contributed by atoms with van der Waals surface area (Å²) in [5.41, 5.74) is 7.10. The van der Waals surface area contributed by atoms with Crippen LogP contribution in [0.1, 0.15) is 17.3 Å². The van der Waals surface area contributed by atoms with Crippen LogP contribution in [-0.4, -0.2) is 12.6 Å². The molecular weight excluding hydrogens is 270 g/mol. The smallest absolute Gasteiger partial charge is 0.341 e. The number of nitrogens with two attached hydrogens (primary N) is 1. The Kier molecular flexibility index (Phi) is 3.89. The Morgan fingerprint density at radius 2 is 2.17 bits per heavy atom. The van der Waals surface area contributed by atoms with E-state index < -0.39 is 5.97 Å². The Balaban J connectivity index is 2.41. The summed E-state index contributed by atoms with van der Waals surface area (Å²) >= 11 is 7.44. The molecule has 18 heavy (non-hydrogen) atoms. The molecule has 1 aromatic carbocycles. The van der Waals surface area contributed by atoms with Crippen LogP contribution in [0.25, 0.3) is 10.4 Å². The first-order chi connectivity index (χ1) is 8.63. The van der Waals surface area contributed by atoms with Crippen LogP contribution >= 0.6 is 22.9 Å². The molecule has 2 aromatic rings. The van der Waals surface area contributed by atoms with Crippen molar-refractivity contribution in [2.24, 2.45) is 0 Å². The van der Waals surface area contributed by atoms with Crippen LogP contribution in [0.15, 0.2) is 30.3 Å². The topological polar surface area (TPSA) is 52.3 Å². The number of anilines is 1. The Bertz CT molecular complexity index is 580. The van der Waals surface area contributed by atoms with E-state index in [0.717, 1.165) is 10.4 Å². The van der Waals surface area contributed by atoms with Gasteiger partial charge < -0.3 is 10.5 Å². The van der Waals surface area contributed by atoms with Crippen LogP contribution in [0.2, 0.25) is 5.02 Å². The maximum absolute atomic E-state index is 11.7. The zero-order valence-corrected chi connectivity index (χ0v) is 11.3. The minimum Gasteiger partial charge on any atom is -0.462 e. The molecule has 0 radical (unpaired) electrons. The maximum atomic E-state index is 11.7. The first kappa shape index (κ1) is 12.9. The van der Waals surface area contributed by atoms with E-state index in [9.17, 15) is 4.79 Å². The van der Waals surface area contributed by atoms with Crippen LogP contribution in [0.4, 0.5) is 5.00 Å². The van der Waals surface area contributed by atoms with Gasteiger partial charge in [-0.3, -0.25) is 0 Å². The molecule has 0 saturated heterocycles. The molecule has 94 valence electrons. The highest BCUT2D eigenvalue weighted by molar-refractivity contribution is 7.19. The number of esters is 1. The van der Waals surface area contributed by atoms with Crippen molar-refractivity contribution in [3.63, 3.8) is 0 Å². The molecule has 0 saturated carbocycles. The van der Waals surface area contributed by atoms with Gasteiger partial charge in [-0.2, -0.15) is 0 Å². The minimum atomic E-state index is -0.399. The Hall–Kier alpha value is -1.52. The molecule has 0 aliphatic heterocycles. The zero-order valence-electron chi connectivity index (χ0n) is 9.77. The van der Waals surface area contributed by atoms with Gasteiger partial charge in [0.25, 0.3) is 0 Å². The lowest BCUT2D eigenvalue weighted by atomic mass is 10.1. The number of ether oxygens (including phenoxy) is 1. The maximum Gasteiger partial charge on any atom is 0.341 e. The first-order valence-corrected chi connectivity index (χ1v) is 6.64. The second-order valence-corrected chi connectivity index (χ2v) is 5.08. The number of hydrogen-bond acceptors (Lipinski definition) is 4. The highest BCUT2D eigenvalue weighted by Gasteiger charge is 2.16. The van der Waals surface area contributed by atoms with Gasteiger partial charge in [-0.1, -0.05) is 29.8 Å². The van der Waals surface area contributed by atoms with Crippen molar-refractivity contribution >= 4 is 33.9 Å². The summed E-state index contributed by atoms with van der Waals surface area (Å²) < 4.78 is 4.94. The largest absolute Gasteiger partial charge is 0.462 e. The fourth-order valence-corrected chi connectivity index (χ4v) is 2.81. The zero-order chi connectivity index (χ0) is 13.1. The van der Waals surface area contributed by atoms with Crippen molar-refractivity contribution < 1.29 is 9.53 Å². The lowest BCUT2D eigenvalue weighted by Crippen LogP contribution is -2.05. The first-order valence-electron chi connectivity index (χ1n) is 5.44. The molecule has 0 aliphatic carbocycles. The van der Waals surface area contributed by atoms with E-state index in [0.29, 0.717) is 22.2 Å². The van der Waals surface area contributed by atoms with Gasteiger partial charge in [0, 0.05) is 15.5 Å². The summed E-state index contributed by atoms with van der Waals surface area (Å²) in [6.45, 7) is 2.09. The number of benzene rings is 1. The molecule has 0 fully saturated rings. The lowest BCUT2D eigenvalue weighted by Gasteiger charge is -1.99. The van der Waals surface area contributed by atoms with Crippen molar-refractivity contribution in [3.8, 4) is 10.4 Å². The number of halogens is 1. The van der Waals surface area contributed by atoms with Gasteiger partial charge in [-0.15, -0.1) is 11.3 Å². The summed E-state index contributed by atoms with van der Waals surface area (Å²) in [6, 6.07) is 9.16. The van der Waals surface area contributed by atoms with E-state index >= 15 is 0 Å². The molecular formula is C13H12ClNO2S. The standard InChI is InChI=1S/C13H12ClNO2S/c1-2-17-13(16)9-7-11(18-12(9)15)8-5-3-4-6-10(8)14/h3-7H,2,15H2,1H3. The fourth-order valence-electron chi connectivity index (χ4n) is 1.57. The highest BCUT2D eigenvalue weighted by atomic mass is 35.5. The minimum absolute atomic E-state index is 0.329. The third-order valence-corrected chi connectivity index (χ3v) is 3.72. The van der Waals surface area contributed by atoms with Gasteiger partial charge in [-0.05, 0) is 19.1 Å².